The Bertz CT molecular complexity index is 1240. The molecule has 1 aliphatic rings. The van der Waals surface area contributed by atoms with Gasteiger partial charge in [0.15, 0.2) is 0 Å². The van der Waals surface area contributed by atoms with Crippen molar-refractivity contribution in [2.45, 2.75) is 31.8 Å². The summed E-state index contributed by atoms with van der Waals surface area (Å²) < 4.78 is 46.6. The number of likely N-dealkylation sites (tertiary alicyclic amines) is 1. The van der Waals surface area contributed by atoms with Crippen LogP contribution in [0.15, 0.2) is 42.6 Å². The number of aliphatic hydroxyl groups is 1. The molecule has 1 aliphatic heterocycles. The smallest absolute Gasteiger partial charge is 0.309 e. The van der Waals surface area contributed by atoms with E-state index in [1.165, 1.54) is 19.2 Å². The number of carbonyl (C=O) groups is 1. The first-order chi connectivity index (χ1) is 17.7. The van der Waals surface area contributed by atoms with Crippen LogP contribution in [0, 0.1) is 22.9 Å². The van der Waals surface area contributed by atoms with E-state index in [1.807, 2.05) is 0 Å². The Balaban J connectivity index is 1.37. The summed E-state index contributed by atoms with van der Waals surface area (Å²) in [6.45, 7) is 2.06. The van der Waals surface area contributed by atoms with Crippen molar-refractivity contribution >= 4 is 22.6 Å². The molecule has 4 rings (SSSR count). The van der Waals surface area contributed by atoms with Crippen molar-refractivity contribution in [1.82, 2.24) is 9.88 Å². The maximum atomic E-state index is 14.7. The topological polar surface area (TPSA) is 94.9 Å². The molecule has 2 aromatic carbocycles. The number of methoxy groups -OCH3 is 1. The average molecular weight is 518 g/mol. The fraction of sp³-hybridized carbons (Fsp3) is 0.407. The zero-order valence-corrected chi connectivity index (χ0v) is 20.5. The third kappa shape index (κ3) is 6.14. The quantitative estimate of drug-likeness (QED) is 0.357. The maximum Gasteiger partial charge on any atom is 0.309 e. The number of fused-ring (bicyclic) bond motifs is 1. The van der Waals surface area contributed by atoms with Crippen molar-refractivity contribution in [3.8, 4) is 5.75 Å². The largest absolute Gasteiger partial charge is 0.497 e. The standard InChI is InChI=1S/C27H30F3N3O4/c1-37-20-2-3-23-21(15-20)25(22(30)16-32-23)24(34)4-5-27(26(35)36)6-9-33(10-7-27)11-8-31-19-13-17(28)12-18(29)14-19/h2-3,12-16,24,31,34H,4-11H2,1H3,(H,35,36)/t24-/m0/s1. The molecule has 1 atom stereocenters. The Morgan fingerprint density at radius 1 is 1.16 bits per heavy atom. The minimum atomic E-state index is -1.21. The lowest BCUT2D eigenvalue weighted by atomic mass is 9.74. The number of ether oxygens (including phenoxy) is 1. The normalized spacial score (nSPS) is 16.5. The number of hydrogen-bond donors (Lipinski definition) is 3. The van der Waals surface area contributed by atoms with E-state index in [4.69, 9.17) is 4.74 Å². The number of aromatic nitrogens is 1. The van der Waals surface area contributed by atoms with Gasteiger partial charge in [-0.3, -0.25) is 9.78 Å². The van der Waals surface area contributed by atoms with Gasteiger partial charge >= 0.3 is 5.97 Å². The molecule has 7 nitrogen and oxygen atoms in total. The summed E-state index contributed by atoms with van der Waals surface area (Å²) in [6.07, 6.45) is 0.860. The number of aliphatic carboxylic acids is 1. The van der Waals surface area contributed by atoms with Gasteiger partial charge in [-0.15, -0.1) is 0 Å². The zero-order valence-electron chi connectivity index (χ0n) is 20.5. The molecule has 1 aromatic heterocycles. The first kappa shape index (κ1) is 26.7. The molecular weight excluding hydrogens is 487 g/mol. The van der Waals surface area contributed by atoms with Crippen LogP contribution in [0.1, 0.15) is 37.4 Å². The first-order valence-corrected chi connectivity index (χ1v) is 12.2. The first-order valence-electron chi connectivity index (χ1n) is 12.2. The molecule has 0 aliphatic carbocycles. The van der Waals surface area contributed by atoms with E-state index in [-0.39, 0.29) is 18.4 Å². The van der Waals surface area contributed by atoms with E-state index < -0.39 is 34.9 Å². The summed E-state index contributed by atoms with van der Waals surface area (Å²) in [5, 5.41) is 24.4. The van der Waals surface area contributed by atoms with Crippen LogP contribution in [-0.2, 0) is 4.79 Å². The number of halogens is 3. The van der Waals surface area contributed by atoms with Gasteiger partial charge in [-0.2, -0.15) is 0 Å². The lowest BCUT2D eigenvalue weighted by Crippen LogP contribution is -2.45. The highest BCUT2D eigenvalue weighted by molar-refractivity contribution is 5.84. The highest BCUT2D eigenvalue weighted by atomic mass is 19.1. The van der Waals surface area contributed by atoms with Gasteiger partial charge in [0, 0.05) is 35.8 Å². The van der Waals surface area contributed by atoms with E-state index in [0.717, 1.165) is 12.3 Å². The maximum absolute atomic E-state index is 14.7. The molecule has 0 radical (unpaired) electrons. The van der Waals surface area contributed by atoms with Crippen molar-refractivity contribution in [3.63, 3.8) is 0 Å². The van der Waals surface area contributed by atoms with Crippen LogP contribution in [0.2, 0.25) is 0 Å². The molecule has 10 heteroatoms. The molecular formula is C27H30F3N3O4. The van der Waals surface area contributed by atoms with Gasteiger partial charge in [0.25, 0.3) is 0 Å². The molecule has 198 valence electrons. The van der Waals surface area contributed by atoms with Gasteiger partial charge in [-0.1, -0.05) is 0 Å². The van der Waals surface area contributed by atoms with Crippen molar-refractivity contribution in [2.75, 3.05) is 38.6 Å². The van der Waals surface area contributed by atoms with E-state index in [9.17, 15) is 28.2 Å². The Hall–Kier alpha value is -3.37. The molecule has 0 saturated carbocycles. The number of nitrogens with zero attached hydrogens (tertiary/aromatic N) is 2. The number of benzene rings is 2. The van der Waals surface area contributed by atoms with Gasteiger partial charge in [-0.25, -0.2) is 13.2 Å². The van der Waals surface area contributed by atoms with E-state index >= 15 is 0 Å². The molecule has 3 aromatic rings. The van der Waals surface area contributed by atoms with Gasteiger partial charge in [0.1, 0.15) is 23.2 Å². The summed E-state index contributed by atoms with van der Waals surface area (Å²) in [7, 11) is 1.49. The molecule has 0 amide bonds. The Morgan fingerprint density at radius 3 is 2.51 bits per heavy atom. The fourth-order valence-electron chi connectivity index (χ4n) is 4.98. The number of nitrogens with one attached hydrogen (secondary N) is 1. The van der Waals surface area contributed by atoms with Gasteiger partial charge in [-0.05, 0) is 69.1 Å². The lowest BCUT2D eigenvalue weighted by Gasteiger charge is -2.39. The monoisotopic (exact) mass is 517 g/mol. The molecule has 0 bridgehead atoms. The molecule has 37 heavy (non-hydrogen) atoms. The Morgan fingerprint density at radius 2 is 1.86 bits per heavy atom. The van der Waals surface area contributed by atoms with Crippen LogP contribution in [-0.4, -0.2) is 59.4 Å². The number of carboxylic acid groups (broad SMARTS) is 1. The molecule has 3 N–H and O–H groups in total. The highest BCUT2D eigenvalue weighted by Crippen LogP contribution is 2.40. The zero-order chi connectivity index (χ0) is 26.6. The minimum absolute atomic E-state index is 0.0756. The predicted octanol–water partition coefficient (Wildman–Crippen LogP) is 4.75. The number of piperidine rings is 1. The van der Waals surface area contributed by atoms with Gasteiger partial charge in [0.2, 0.25) is 0 Å². The lowest BCUT2D eigenvalue weighted by molar-refractivity contribution is -0.153. The molecule has 0 unspecified atom stereocenters. The third-order valence-electron chi connectivity index (χ3n) is 7.18. The summed E-state index contributed by atoms with van der Waals surface area (Å²) >= 11 is 0. The van der Waals surface area contributed by atoms with Crippen molar-refractivity contribution in [1.29, 1.82) is 0 Å². The second-order valence-electron chi connectivity index (χ2n) is 9.47. The second-order valence-corrected chi connectivity index (χ2v) is 9.47. The van der Waals surface area contributed by atoms with E-state index in [2.05, 4.69) is 15.2 Å². The average Bonchev–Trinajstić information content (AvgIpc) is 2.87. The van der Waals surface area contributed by atoms with E-state index in [1.54, 1.807) is 18.2 Å². The van der Waals surface area contributed by atoms with Crippen LogP contribution in [0.4, 0.5) is 18.9 Å². The summed E-state index contributed by atoms with van der Waals surface area (Å²) in [6, 6.07) is 8.22. The van der Waals surface area contributed by atoms with Crippen LogP contribution in [0.3, 0.4) is 0 Å². The van der Waals surface area contributed by atoms with Crippen LogP contribution < -0.4 is 10.1 Å². The summed E-state index contributed by atoms with van der Waals surface area (Å²) in [5.41, 5.74) is -0.0983. The van der Waals surface area contributed by atoms with Crippen LogP contribution >= 0.6 is 0 Å². The summed E-state index contributed by atoms with van der Waals surface area (Å²) in [4.78, 5) is 18.4. The fourth-order valence-corrected chi connectivity index (χ4v) is 4.98. The third-order valence-corrected chi connectivity index (χ3v) is 7.18. The highest BCUT2D eigenvalue weighted by Gasteiger charge is 2.41. The molecule has 2 heterocycles. The minimum Gasteiger partial charge on any atom is -0.497 e. The number of hydrogen-bond acceptors (Lipinski definition) is 6. The number of rotatable bonds is 10. The van der Waals surface area contributed by atoms with E-state index in [0.29, 0.717) is 61.4 Å². The SMILES string of the molecule is COc1ccc2ncc(F)c([C@@H](O)CCC3(C(=O)O)CCN(CCNc4cc(F)cc(F)c4)CC3)c2c1. The summed E-state index contributed by atoms with van der Waals surface area (Å²) in [5.74, 6) is -2.41. The number of anilines is 1. The van der Waals surface area contributed by atoms with Gasteiger partial charge < -0.3 is 25.2 Å². The Kier molecular flexibility index (Phi) is 8.19. The molecule has 0 spiro atoms. The van der Waals surface area contributed by atoms with Crippen molar-refractivity contribution in [3.05, 3.63) is 65.6 Å². The number of carboxylic acids is 1. The second kappa shape index (κ2) is 11.4. The van der Waals surface area contributed by atoms with Crippen LogP contribution in [0.25, 0.3) is 10.9 Å². The van der Waals surface area contributed by atoms with Crippen molar-refractivity contribution in [2.24, 2.45) is 5.41 Å². The Labute approximate surface area is 212 Å². The molecule has 1 fully saturated rings. The van der Waals surface area contributed by atoms with Crippen molar-refractivity contribution < 1.29 is 32.9 Å². The van der Waals surface area contributed by atoms with Crippen LogP contribution in [0.5, 0.6) is 5.75 Å². The number of pyridine rings is 1. The molecule has 1 saturated heterocycles. The van der Waals surface area contributed by atoms with Gasteiger partial charge in [0.05, 0.1) is 30.3 Å². The number of aliphatic hydroxyl groups excluding tert-OH is 1. The predicted molar refractivity (Wildman–Crippen MR) is 133 cm³/mol.